The van der Waals surface area contributed by atoms with Crippen LogP contribution in [0.5, 0.6) is 0 Å². The molecule has 0 radical (unpaired) electrons. The highest BCUT2D eigenvalue weighted by Crippen LogP contribution is 2.28. The average Bonchev–Trinajstić information content (AvgIpc) is 3.31. The Hall–Kier alpha value is -2.68. The molecule has 0 bridgehead atoms. The maximum atomic E-state index is 10.7. The molecular weight excluding hydrogens is 406 g/mol. The lowest BCUT2D eigenvalue weighted by atomic mass is 10.1. The fraction of sp³-hybridized carbons (Fsp3) is 0.200. The summed E-state index contributed by atoms with van der Waals surface area (Å²) in [5.74, 6) is 2.22. The minimum atomic E-state index is -0.0808. The number of nitrogens with zero attached hydrogens (tertiary/aromatic N) is 4. The van der Waals surface area contributed by atoms with Gasteiger partial charge in [0.25, 0.3) is 0 Å². The van der Waals surface area contributed by atoms with Crippen LogP contribution in [-0.4, -0.2) is 51.6 Å². The van der Waals surface area contributed by atoms with Crippen molar-refractivity contribution in [1.29, 1.82) is 0 Å². The van der Waals surface area contributed by atoms with E-state index in [1.807, 2.05) is 0 Å². The molecule has 3 aromatic rings. The highest BCUT2D eigenvalue weighted by molar-refractivity contribution is 7.97. The fourth-order valence-corrected chi connectivity index (χ4v) is 4.59. The first-order valence-corrected chi connectivity index (χ1v) is 10.8. The van der Waals surface area contributed by atoms with Crippen molar-refractivity contribution in [2.75, 3.05) is 31.1 Å². The standard InChI is InChI=1S/C20H19N5O2S2/c26-13-19(23-27)17-11-21-20(22-12-17)24-6-8-25(9-7-24)29-18-3-1-15(2-4-18)16-5-10-28-14-16/h1-5,10-12,14,23,27H,6-9H2. The number of hydrogen-bond acceptors (Lipinski definition) is 9. The van der Waals surface area contributed by atoms with Crippen molar-refractivity contribution in [1.82, 2.24) is 19.8 Å². The fourth-order valence-electron chi connectivity index (χ4n) is 3.03. The third-order valence-corrected chi connectivity index (χ3v) is 6.40. The van der Waals surface area contributed by atoms with Crippen molar-refractivity contribution in [3.05, 3.63) is 59.0 Å². The highest BCUT2D eigenvalue weighted by Gasteiger charge is 2.20. The number of aromatic nitrogens is 2. The molecule has 0 spiro atoms. The zero-order chi connectivity index (χ0) is 20.1. The third-order valence-electron chi connectivity index (χ3n) is 4.61. The van der Waals surface area contributed by atoms with E-state index in [0.29, 0.717) is 11.5 Å². The molecule has 4 rings (SSSR count). The van der Waals surface area contributed by atoms with E-state index in [1.54, 1.807) is 34.7 Å². The first-order valence-electron chi connectivity index (χ1n) is 9.05. The summed E-state index contributed by atoms with van der Waals surface area (Å²) in [4.78, 5) is 22.7. The maximum Gasteiger partial charge on any atom is 0.225 e. The van der Waals surface area contributed by atoms with Gasteiger partial charge in [0.2, 0.25) is 5.95 Å². The lowest BCUT2D eigenvalue weighted by Crippen LogP contribution is -2.44. The molecule has 0 aliphatic carbocycles. The van der Waals surface area contributed by atoms with Crippen molar-refractivity contribution < 1.29 is 10.0 Å². The molecule has 0 unspecified atom stereocenters. The van der Waals surface area contributed by atoms with E-state index in [-0.39, 0.29) is 5.70 Å². The molecule has 1 aliphatic heterocycles. The molecule has 2 N–H and O–H groups in total. The molecule has 148 valence electrons. The van der Waals surface area contributed by atoms with E-state index in [1.165, 1.54) is 28.4 Å². The minimum absolute atomic E-state index is 0.0808. The second-order valence-electron chi connectivity index (χ2n) is 6.40. The molecule has 1 saturated heterocycles. The Morgan fingerprint density at radius 2 is 1.79 bits per heavy atom. The number of rotatable bonds is 6. The lowest BCUT2D eigenvalue weighted by Gasteiger charge is -2.33. The van der Waals surface area contributed by atoms with Gasteiger partial charge >= 0.3 is 0 Å². The average molecular weight is 426 g/mol. The van der Waals surface area contributed by atoms with Crippen LogP contribution in [0.25, 0.3) is 16.8 Å². The van der Waals surface area contributed by atoms with Crippen molar-refractivity contribution in [2.45, 2.75) is 4.90 Å². The predicted molar refractivity (Wildman–Crippen MR) is 115 cm³/mol. The molecule has 0 amide bonds. The van der Waals surface area contributed by atoms with Crippen molar-refractivity contribution in [3.63, 3.8) is 0 Å². The smallest absolute Gasteiger partial charge is 0.225 e. The quantitative estimate of drug-likeness (QED) is 0.354. The summed E-state index contributed by atoms with van der Waals surface area (Å²) in [6.45, 7) is 3.40. The highest BCUT2D eigenvalue weighted by atomic mass is 32.2. The van der Waals surface area contributed by atoms with Gasteiger partial charge in [0, 0.05) is 49.0 Å². The number of benzene rings is 1. The minimum Gasteiger partial charge on any atom is -0.338 e. The zero-order valence-corrected chi connectivity index (χ0v) is 17.1. The number of thiophene rings is 1. The van der Waals surface area contributed by atoms with Gasteiger partial charge in [0.05, 0.1) is 0 Å². The van der Waals surface area contributed by atoms with E-state index < -0.39 is 0 Å². The lowest BCUT2D eigenvalue weighted by molar-refractivity contribution is 0.225. The molecule has 29 heavy (non-hydrogen) atoms. The Kier molecular flexibility index (Phi) is 6.24. The van der Waals surface area contributed by atoms with Crippen LogP contribution in [-0.2, 0) is 4.79 Å². The SMILES string of the molecule is O=C=C(NO)c1cnc(N2CCN(Sc3ccc(-c4ccsc4)cc3)CC2)nc1. The van der Waals surface area contributed by atoms with E-state index in [9.17, 15) is 4.79 Å². The van der Waals surface area contributed by atoms with E-state index in [2.05, 4.69) is 60.3 Å². The summed E-state index contributed by atoms with van der Waals surface area (Å²) < 4.78 is 2.34. The normalized spacial score (nSPS) is 14.4. The summed E-state index contributed by atoms with van der Waals surface area (Å²) in [7, 11) is 0. The van der Waals surface area contributed by atoms with Gasteiger partial charge in [-0.2, -0.15) is 11.3 Å². The molecule has 2 aromatic heterocycles. The second kappa shape index (κ2) is 9.21. The number of hydrogen-bond donors (Lipinski definition) is 2. The molecular formula is C20H19N5O2S2. The first-order chi connectivity index (χ1) is 14.3. The molecule has 1 fully saturated rings. The van der Waals surface area contributed by atoms with Crippen LogP contribution in [0, 0.1) is 0 Å². The molecule has 9 heteroatoms. The first kappa shape index (κ1) is 19.6. The molecule has 3 heterocycles. The maximum absolute atomic E-state index is 10.7. The van der Waals surface area contributed by atoms with Crippen LogP contribution in [0.4, 0.5) is 5.95 Å². The van der Waals surface area contributed by atoms with E-state index in [0.717, 1.165) is 26.2 Å². The van der Waals surface area contributed by atoms with Crippen LogP contribution in [0.2, 0.25) is 0 Å². The predicted octanol–water partition coefficient (Wildman–Crippen LogP) is 3.19. The molecule has 1 aliphatic rings. The van der Waals surface area contributed by atoms with Crippen molar-refractivity contribution in [3.8, 4) is 11.1 Å². The number of anilines is 1. The Labute approximate surface area is 176 Å². The van der Waals surface area contributed by atoms with Gasteiger partial charge in [-0.05, 0) is 52.0 Å². The zero-order valence-electron chi connectivity index (χ0n) is 15.5. The van der Waals surface area contributed by atoms with Gasteiger partial charge in [-0.15, -0.1) is 0 Å². The number of nitrogens with one attached hydrogen (secondary N) is 1. The van der Waals surface area contributed by atoms with E-state index in [4.69, 9.17) is 5.21 Å². The monoisotopic (exact) mass is 425 g/mol. The van der Waals surface area contributed by atoms with Crippen LogP contribution in [0.3, 0.4) is 0 Å². The third kappa shape index (κ3) is 4.67. The summed E-state index contributed by atoms with van der Waals surface area (Å²) >= 11 is 3.48. The van der Waals surface area contributed by atoms with Crippen molar-refractivity contribution in [2.24, 2.45) is 0 Å². The molecule has 0 atom stereocenters. The van der Waals surface area contributed by atoms with Gasteiger partial charge in [-0.25, -0.2) is 19.1 Å². The molecule has 1 aromatic carbocycles. The summed E-state index contributed by atoms with van der Waals surface area (Å²) in [5.41, 5.74) is 4.61. The van der Waals surface area contributed by atoms with Crippen LogP contribution in [0.15, 0.2) is 58.4 Å². The Morgan fingerprint density at radius 3 is 2.38 bits per heavy atom. The Balaban J connectivity index is 1.32. The molecule has 0 saturated carbocycles. The number of carbonyl (C=O) groups excluding carboxylic acids is 1. The van der Waals surface area contributed by atoms with Gasteiger partial charge in [0.15, 0.2) is 11.6 Å². The topological polar surface area (TPSA) is 81.6 Å². The van der Waals surface area contributed by atoms with Crippen LogP contribution < -0.4 is 10.4 Å². The van der Waals surface area contributed by atoms with Crippen LogP contribution in [0.1, 0.15) is 5.56 Å². The summed E-state index contributed by atoms with van der Waals surface area (Å²) in [6, 6.07) is 10.8. The van der Waals surface area contributed by atoms with E-state index >= 15 is 0 Å². The van der Waals surface area contributed by atoms with Gasteiger partial charge in [-0.3, -0.25) is 10.7 Å². The largest absolute Gasteiger partial charge is 0.338 e. The summed E-state index contributed by atoms with van der Waals surface area (Å²) in [5, 5.41) is 13.1. The Bertz CT molecular complexity index is 979. The summed E-state index contributed by atoms with van der Waals surface area (Å²) in [6.07, 6.45) is 3.00. The number of hydroxylamine groups is 1. The Morgan fingerprint density at radius 1 is 1.07 bits per heavy atom. The van der Waals surface area contributed by atoms with Gasteiger partial charge in [0.1, 0.15) is 0 Å². The second-order valence-corrected chi connectivity index (χ2v) is 8.35. The number of piperazine rings is 1. The van der Waals surface area contributed by atoms with Crippen LogP contribution >= 0.6 is 23.3 Å². The van der Waals surface area contributed by atoms with Gasteiger partial charge in [-0.1, -0.05) is 12.1 Å². The molecule has 7 nitrogen and oxygen atoms in total. The van der Waals surface area contributed by atoms with Crippen molar-refractivity contribution >= 4 is 40.9 Å². The van der Waals surface area contributed by atoms with Gasteiger partial charge < -0.3 is 4.90 Å².